The number of halogens is 5. The molecule has 0 aliphatic carbocycles. The molecule has 0 saturated carbocycles. The Balaban J connectivity index is 2.68. The summed E-state index contributed by atoms with van der Waals surface area (Å²) < 4.78 is 67.9. The summed E-state index contributed by atoms with van der Waals surface area (Å²) in [4.78, 5) is 0. The Morgan fingerprint density at radius 3 is 2.33 bits per heavy atom. The van der Waals surface area contributed by atoms with Crippen LogP contribution in [0.4, 0.5) is 22.0 Å². The zero-order valence-electron chi connectivity index (χ0n) is 11.6. The van der Waals surface area contributed by atoms with Crippen LogP contribution in [0.15, 0.2) is 18.2 Å². The van der Waals surface area contributed by atoms with Crippen LogP contribution in [-0.4, -0.2) is 25.9 Å². The van der Waals surface area contributed by atoms with Crippen molar-refractivity contribution in [3.05, 3.63) is 35.4 Å². The monoisotopic (exact) mass is 311 g/mol. The molecule has 0 radical (unpaired) electrons. The van der Waals surface area contributed by atoms with Gasteiger partial charge in [0.15, 0.2) is 0 Å². The molecule has 0 fully saturated rings. The summed E-state index contributed by atoms with van der Waals surface area (Å²) in [5, 5.41) is 2.92. The molecule has 1 aromatic carbocycles. The highest BCUT2D eigenvalue weighted by Gasteiger charge is 2.27. The first-order valence-corrected chi connectivity index (χ1v) is 6.67. The van der Waals surface area contributed by atoms with Gasteiger partial charge in [-0.25, -0.2) is 8.78 Å². The van der Waals surface area contributed by atoms with Crippen LogP contribution in [0, 0.1) is 11.6 Å². The van der Waals surface area contributed by atoms with E-state index in [4.69, 9.17) is 0 Å². The highest BCUT2D eigenvalue weighted by molar-refractivity contribution is 5.23. The van der Waals surface area contributed by atoms with E-state index in [-0.39, 0.29) is 18.6 Å². The molecule has 0 saturated heterocycles. The molecule has 1 atom stereocenters. The highest BCUT2D eigenvalue weighted by Crippen LogP contribution is 2.24. The first-order valence-electron chi connectivity index (χ1n) is 6.67. The minimum absolute atomic E-state index is 0.0495. The second-order valence-corrected chi connectivity index (χ2v) is 4.60. The molecule has 1 unspecified atom stereocenters. The molecule has 0 spiro atoms. The first kappa shape index (κ1) is 17.8. The maximum Gasteiger partial charge on any atom is 0.411 e. The van der Waals surface area contributed by atoms with Crippen molar-refractivity contribution in [1.29, 1.82) is 0 Å². The van der Waals surface area contributed by atoms with E-state index in [1.807, 2.05) is 6.92 Å². The molecule has 120 valence electrons. The summed E-state index contributed by atoms with van der Waals surface area (Å²) in [6.45, 7) is 0.765. The van der Waals surface area contributed by atoms with Crippen LogP contribution in [0.1, 0.15) is 31.4 Å². The van der Waals surface area contributed by atoms with Crippen molar-refractivity contribution in [3.63, 3.8) is 0 Å². The van der Waals surface area contributed by atoms with Crippen LogP contribution in [0.2, 0.25) is 0 Å². The summed E-state index contributed by atoms with van der Waals surface area (Å²) in [6, 6.07) is 2.76. The van der Waals surface area contributed by atoms with Crippen LogP contribution in [0.25, 0.3) is 0 Å². The molecule has 0 aliphatic heterocycles. The zero-order valence-corrected chi connectivity index (χ0v) is 11.6. The van der Waals surface area contributed by atoms with Gasteiger partial charge in [0, 0.05) is 18.2 Å². The third-order valence-electron chi connectivity index (χ3n) is 2.81. The van der Waals surface area contributed by atoms with Crippen LogP contribution in [0.5, 0.6) is 0 Å². The molecule has 1 aromatic rings. The van der Waals surface area contributed by atoms with Gasteiger partial charge in [0.25, 0.3) is 0 Å². The van der Waals surface area contributed by atoms with E-state index in [1.165, 1.54) is 6.07 Å². The zero-order chi connectivity index (χ0) is 15.9. The number of hydrogen-bond acceptors (Lipinski definition) is 2. The van der Waals surface area contributed by atoms with E-state index in [2.05, 4.69) is 10.1 Å². The normalized spacial score (nSPS) is 13.4. The topological polar surface area (TPSA) is 21.3 Å². The summed E-state index contributed by atoms with van der Waals surface area (Å²) in [5.41, 5.74) is -0.165. The molecule has 0 aromatic heterocycles. The van der Waals surface area contributed by atoms with Gasteiger partial charge in [-0.05, 0) is 31.5 Å². The second kappa shape index (κ2) is 8.29. The van der Waals surface area contributed by atoms with Gasteiger partial charge >= 0.3 is 6.18 Å². The van der Waals surface area contributed by atoms with Crippen molar-refractivity contribution in [1.82, 2.24) is 5.32 Å². The lowest BCUT2D eigenvalue weighted by atomic mass is 10.0. The number of alkyl halides is 3. The van der Waals surface area contributed by atoms with Crippen molar-refractivity contribution in [2.24, 2.45) is 0 Å². The number of hydrogen-bond donors (Lipinski definition) is 1. The van der Waals surface area contributed by atoms with Crippen LogP contribution in [-0.2, 0) is 4.74 Å². The highest BCUT2D eigenvalue weighted by atomic mass is 19.4. The van der Waals surface area contributed by atoms with Gasteiger partial charge < -0.3 is 10.1 Å². The number of nitrogens with one attached hydrogen (secondary N) is 1. The quantitative estimate of drug-likeness (QED) is 0.579. The van der Waals surface area contributed by atoms with E-state index in [0.717, 1.165) is 18.6 Å². The Labute approximate surface area is 120 Å². The predicted octanol–water partition coefficient (Wildman–Crippen LogP) is 3.97. The Bertz CT molecular complexity index is 416. The van der Waals surface area contributed by atoms with Crippen molar-refractivity contribution >= 4 is 0 Å². The fourth-order valence-electron chi connectivity index (χ4n) is 1.90. The molecule has 1 rings (SSSR count). The van der Waals surface area contributed by atoms with Gasteiger partial charge in [-0.2, -0.15) is 13.2 Å². The van der Waals surface area contributed by atoms with Gasteiger partial charge in [-0.3, -0.25) is 0 Å². The Hall–Kier alpha value is -1.21. The SMILES string of the molecule is CCCNC(CCOCC(F)(F)F)c1c(F)cccc1F. The minimum atomic E-state index is -4.41. The van der Waals surface area contributed by atoms with Crippen LogP contribution >= 0.6 is 0 Å². The van der Waals surface area contributed by atoms with E-state index < -0.39 is 30.5 Å². The molecule has 0 aliphatic rings. The number of benzene rings is 1. The van der Waals surface area contributed by atoms with Gasteiger partial charge in [0.05, 0.1) is 0 Å². The molecule has 0 amide bonds. The molecular formula is C14H18F5NO. The van der Waals surface area contributed by atoms with Gasteiger partial charge in [0.1, 0.15) is 18.2 Å². The Morgan fingerprint density at radius 2 is 1.81 bits per heavy atom. The van der Waals surface area contributed by atoms with E-state index >= 15 is 0 Å². The van der Waals surface area contributed by atoms with E-state index in [0.29, 0.717) is 6.54 Å². The average Bonchev–Trinajstić information content (AvgIpc) is 2.38. The largest absolute Gasteiger partial charge is 0.411 e. The fourth-order valence-corrected chi connectivity index (χ4v) is 1.90. The minimum Gasteiger partial charge on any atom is -0.372 e. The lowest BCUT2D eigenvalue weighted by Gasteiger charge is -2.20. The number of ether oxygens (including phenoxy) is 1. The van der Waals surface area contributed by atoms with Crippen LogP contribution in [0.3, 0.4) is 0 Å². The van der Waals surface area contributed by atoms with E-state index in [1.54, 1.807) is 0 Å². The summed E-state index contributed by atoms with van der Waals surface area (Å²) >= 11 is 0. The lowest BCUT2D eigenvalue weighted by molar-refractivity contribution is -0.174. The Morgan fingerprint density at radius 1 is 1.19 bits per heavy atom. The molecule has 21 heavy (non-hydrogen) atoms. The Kier molecular flexibility index (Phi) is 7.04. The van der Waals surface area contributed by atoms with Gasteiger partial charge in [0.2, 0.25) is 0 Å². The fraction of sp³-hybridized carbons (Fsp3) is 0.571. The van der Waals surface area contributed by atoms with E-state index in [9.17, 15) is 22.0 Å². The second-order valence-electron chi connectivity index (χ2n) is 4.60. The first-order chi connectivity index (χ1) is 9.85. The molecule has 0 heterocycles. The smallest absolute Gasteiger partial charge is 0.372 e. The third kappa shape index (κ3) is 6.39. The summed E-state index contributed by atoms with van der Waals surface area (Å²) in [6.07, 6.45) is -3.63. The molecule has 7 heteroatoms. The van der Waals surface area contributed by atoms with Gasteiger partial charge in [-0.15, -0.1) is 0 Å². The standard InChI is InChI=1S/C14H18F5NO/c1-2-7-20-12(6-8-21-9-14(17,18)19)13-10(15)4-3-5-11(13)16/h3-5,12,20H,2,6-9H2,1H3. The maximum atomic E-state index is 13.7. The van der Waals surface area contributed by atoms with Crippen molar-refractivity contribution < 1.29 is 26.7 Å². The molecular weight excluding hydrogens is 293 g/mol. The van der Waals surface area contributed by atoms with Crippen molar-refractivity contribution in [3.8, 4) is 0 Å². The third-order valence-corrected chi connectivity index (χ3v) is 2.81. The van der Waals surface area contributed by atoms with Crippen molar-refractivity contribution in [2.75, 3.05) is 19.8 Å². The van der Waals surface area contributed by atoms with Gasteiger partial charge in [-0.1, -0.05) is 13.0 Å². The molecule has 0 bridgehead atoms. The maximum absolute atomic E-state index is 13.7. The summed E-state index contributed by atoms with van der Waals surface area (Å²) in [7, 11) is 0. The predicted molar refractivity (Wildman–Crippen MR) is 68.9 cm³/mol. The molecule has 1 N–H and O–H groups in total. The summed E-state index contributed by atoms with van der Waals surface area (Å²) in [5.74, 6) is -1.45. The van der Waals surface area contributed by atoms with Crippen LogP contribution < -0.4 is 5.32 Å². The van der Waals surface area contributed by atoms with Crippen molar-refractivity contribution in [2.45, 2.75) is 32.0 Å². The molecule has 2 nitrogen and oxygen atoms in total. The lowest BCUT2D eigenvalue weighted by Crippen LogP contribution is -2.26. The number of rotatable bonds is 8. The average molecular weight is 311 g/mol.